The van der Waals surface area contributed by atoms with E-state index in [0.29, 0.717) is 0 Å². The quantitative estimate of drug-likeness (QED) is 0.264. The zero-order valence-corrected chi connectivity index (χ0v) is 19.6. The minimum absolute atomic E-state index is 0.697. The van der Waals surface area contributed by atoms with E-state index in [1.165, 1.54) is 70.0 Å². The maximum atomic E-state index is 3.28. The van der Waals surface area contributed by atoms with E-state index in [1.54, 1.807) is 18.1 Å². The first-order chi connectivity index (χ1) is 11.2. The molecule has 0 unspecified atom stereocenters. The molecule has 0 saturated carbocycles. The lowest BCUT2D eigenvalue weighted by molar-refractivity contribution is 0.548. The third-order valence-electron chi connectivity index (χ3n) is 5.73. The van der Waals surface area contributed by atoms with E-state index in [2.05, 4.69) is 45.8 Å². The fourth-order valence-electron chi connectivity index (χ4n) is 4.19. The molecule has 140 valence electrons. The molecule has 1 nitrogen and oxygen atoms in total. The lowest BCUT2D eigenvalue weighted by atomic mass is 10.3. The molecule has 0 spiro atoms. The first-order valence-corrected chi connectivity index (χ1v) is 15.6. The summed E-state index contributed by atoms with van der Waals surface area (Å²) in [6.45, 7) is 16.0. The average molecular weight is 358 g/mol. The number of unbranched alkanes of at least 4 members (excludes halogenated alkanes) is 4. The Hall–Kier alpha value is 0.394. The summed E-state index contributed by atoms with van der Waals surface area (Å²) in [5, 5.41) is 0. The van der Waals surface area contributed by atoms with Gasteiger partial charge in [0.05, 0.1) is 0 Å². The molecule has 0 aliphatic rings. The lowest BCUT2D eigenvalue weighted by Gasteiger charge is -2.47. The molecule has 3 heteroatoms. The van der Waals surface area contributed by atoms with Crippen LogP contribution in [0.3, 0.4) is 0 Å². The van der Waals surface area contributed by atoms with Gasteiger partial charge < -0.3 is 4.23 Å². The Labute approximate surface area is 151 Å². The van der Waals surface area contributed by atoms with Crippen LogP contribution in [-0.4, -0.2) is 28.0 Å². The van der Waals surface area contributed by atoms with E-state index in [-0.39, 0.29) is 0 Å². The molecule has 0 bridgehead atoms. The van der Waals surface area contributed by atoms with Crippen molar-refractivity contribution in [2.45, 2.75) is 123 Å². The number of rotatable bonds is 16. The van der Waals surface area contributed by atoms with Crippen LogP contribution in [0, 0.1) is 0 Å². The normalized spacial score (nSPS) is 12.5. The first kappa shape index (κ1) is 23.4. The van der Waals surface area contributed by atoms with Gasteiger partial charge in [-0.25, -0.2) is 0 Å². The van der Waals surface area contributed by atoms with Crippen molar-refractivity contribution in [1.29, 1.82) is 0 Å². The Morgan fingerprint density at radius 3 is 1.30 bits per heavy atom. The van der Waals surface area contributed by atoms with Gasteiger partial charge in [0, 0.05) is 0 Å². The van der Waals surface area contributed by atoms with Crippen LogP contribution in [0.15, 0.2) is 0 Å². The Bertz CT molecular complexity index is 232. The summed E-state index contributed by atoms with van der Waals surface area (Å²) < 4.78 is 3.28. The van der Waals surface area contributed by atoms with Gasteiger partial charge in [-0.05, 0) is 31.1 Å². The van der Waals surface area contributed by atoms with Crippen molar-refractivity contribution in [1.82, 2.24) is 4.23 Å². The molecule has 0 fully saturated rings. The van der Waals surface area contributed by atoms with E-state index >= 15 is 0 Å². The molecule has 0 aromatic rings. The number of nitrogens with zero attached hydrogens (tertiary/aromatic N) is 1. The summed E-state index contributed by atoms with van der Waals surface area (Å²) in [4.78, 5) is 0. The molecule has 0 rings (SSSR count). The van der Waals surface area contributed by atoms with Crippen molar-refractivity contribution in [2.24, 2.45) is 0 Å². The molecule has 0 aliphatic heterocycles. The molecule has 0 saturated heterocycles. The topological polar surface area (TPSA) is 3.24 Å². The average Bonchev–Trinajstić information content (AvgIpc) is 2.58. The first-order valence-electron chi connectivity index (χ1n) is 10.9. The summed E-state index contributed by atoms with van der Waals surface area (Å²) in [5.74, 6) is 0. The fraction of sp³-hybridized carbons (Fsp3) is 1.00. The van der Waals surface area contributed by atoms with Gasteiger partial charge in [-0.3, -0.25) is 0 Å². The summed E-state index contributed by atoms with van der Waals surface area (Å²) in [6.07, 6.45) is 11.4. The maximum Gasteiger partial charge on any atom is 0.121 e. The predicted octanol–water partition coefficient (Wildman–Crippen LogP) is 7.20. The minimum atomic E-state index is -1.24. The molecule has 0 amide bonds. The lowest BCUT2D eigenvalue weighted by Crippen LogP contribution is -2.59. The Balaban J connectivity index is 5.48. The van der Waals surface area contributed by atoms with Crippen LogP contribution in [0.1, 0.15) is 92.9 Å². The van der Waals surface area contributed by atoms with E-state index < -0.39 is 17.2 Å². The van der Waals surface area contributed by atoms with Crippen LogP contribution in [0.2, 0.25) is 30.2 Å². The molecule has 0 N–H and O–H groups in total. The minimum Gasteiger partial charge on any atom is -0.347 e. The molecular formula is C20H47NSi2. The smallest absolute Gasteiger partial charge is 0.121 e. The van der Waals surface area contributed by atoms with Crippen LogP contribution >= 0.6 is 0 Å². The van der Waals surface area contributed by atoms with Crippen LogP contribution < -0.4 is 0 Å². The monoisotopic (exact) mass is 357 g/mol. The molecule has 0 aromatic carbocycles. The number of hydrogen-bond acceptors (Lipinski definition) is 1. The zero-order valence-electron chi connectivity index (χ0n) is 17.4. The van der Waals surface area contributed by atoms with Crippen molar-refractivity contribution in [3.63, 3.8) is 0 Å². The molecular weight excluding hydrogens is 310 g/mol. The van der Waals surface area contributed by atoms with Gasteiger partial charge in [0.15, 0.2) is 0 Å². The van der Waals surface area contributed by atoms with Crippen LogP contribution in [0.25, 0.3) is 0 Å². The van der Waals surface area contributed by atoms with Crippen molar-refractivity contribution in [3.05, 3.63) is 0 Å². The maximum absolute atomic E-state index is 3.28. The molecule has 0 atom stereocenters. The van der Waals surface area contributed by atoms with Gasteiger partial charge in [0.25, 0.3) is 0 Å². The van der Waals surface area contributed by atoms with E-state index in [0.717, 1.165) is 0 Å². The molecule has 23 heavy (non-hydrogen) atoms. The van der Waals surface area contributed by atoms with Gasteiger partial charge >= 0.3 is 0 Å². The van der Waals surface area contributed by atoms with E-state index in [1.807, 2.05) is 0 Å². The largest absolute Gasteiger partial charge is 0.347 e. The van der Waals surface area contributed by atoms with Crippen LogP contribution in [0.4, 0.5) is 0 Å². The van der Waals surface area contributed by atoms with E-state index in [4.69, 9.17) is 0 Å². The Morgan fingerprint density at radius 2 is 1.00 bits per heavy atom. The van der Waals surface area contributed by atoms with E-state index in [9.17, 15) is 0 Å². The molecule has 0 aromatic heterocycles. The summed E-state index contributed by atoms with van der Waals surface area (Å²) in [7, 11) is -1.93. The standard InChI is InChI=1S/C20H47NSi2/c1-7-13-17-21(22(11-5)12-6)23(18-14-8-2,19-15-9-3)20-16-10-4/h22H,7-20H2,1-6H3. The second-order valence-electron chi connectivity index (χ2n) is 7.55. The van der Waals surface area contributed by atoms with Gasteiger partial charge in [-0.1, -0.05) is 98.6 Å². The van der Waals surface area contributed by atoms with Gasteiger partial charge in [0.1, 0.15) is 17.2 Å². The molecule has 0 aliphatic carbocycles. The Morgan fingerprint density at radius 1 is 0.609 bits per heavy atom. The highest BCUT2D eigenvalue weighted by molar-refractivity contribution is 6.85. The Kier molecular flexibility index (Phi) is 15.0. The predicted molar refractivity (Wildman–Crippen MR) is 115 cm³/mol. The summed E-state index contributed by atoms with van der Waals surface area (Å²) >= 11 is 0. The third kappa shape index (κ3) is 8.35. The second kappa shape index (κ2) is 14.7. The molecule has 0 heterocycles. The van der Waals surface area contributed by atoms with Gasteiger partial charge in [-0.15, -0.1) is 0 Å². The second-order valence-corrected chi connectivity index (χ2v) is 16.2. The highest BCUT2D eigenvalue weighted by Crippen LogP contribution is 2.34. The van der Waals surface area contributed by atoms with Crippen molar-refractivity contribution in [2.75, 3.05) is 6.54 Å². The van der Waals surface area contributed by atoms with Gasteiger partial charge in [-0.2, -0.15) is 0 Å². The summed E-state index contributed by atoms with van der Waals surface area (Å²) in [6, 6.07) is 7.75. The highest BCUT2D eigenvalue weighted by atomic mass is 28.4. The third-order valence-corrected chi connectivity index (χ3v) is 16.8. The number of hydrogen-bond donors (Lipinski definition) is 0. The van der Waals surface area contributed by atoms with Crippen molar-refractivity contribution < 1.29 is 0 Å². The zero-order chi connectivity index (χ0) is 17.6. The summed E-state index contributed by atoms with van der Waals surface area (Å²) in [5.41, 5.74) is 0. The van der Waals surface area contributed by atoms with Crippen molar-refractivity contribution >= 4 is 17.2 Å². The molecule has 0 radical (unpaired) electrons. The van der Waals surface area contributed by atoms with Crippen LogP contribution in [0.5, 0.6) is 0 Å². The van der Waals surface area contributed by atoms with Crippen molar-refractivity contribution in [3.8, 4) is 0 Å². The van der Waals surface area contributed by atoms with Gasteiger partial charge in [0.2, 0.25) is 0 Å². The SMILES string of the molecule is CCCCN([SiH](CC)CC)[Si](CCCC)(CCCC)CCCC. The highest BCUT2D eigenvalue weighted by Gasteiger charge is 2.40. The van der Waals surface area contributed by atoms with Crippen LogP contribution in [-0.2, 0) is 0 Å². The fourth-order valence-corrected chi connectivity index (χ4v) is 16.8.